The standard InChI is InChI=1S/C17H31NO5/c1-13(2)12-22-11-9-17(14(19)21-6)8-7-10-18(17)15(20)23-16(3,4)5/h13H,7-12H2,1-6H3. The monoisotopic (exact) mass is 329 g/mol. The van der Waals surface area contributed by atoms with E-state index < -0.39 is 23.2 Å². The van der Waals surface area contributed by atoms with Gasteiger partial charge in [0.25, 0.3) is 0 Å². The van der Waals surface area contributed by atoms with Gasteiger partial charge in [-0.1, -0.05) is 13.8 Å². The van der Waals surface area contributed by atoms with Crippen LogP contribution in [0.5, 0.6) is 0 Å². The Kier molecular flexibility index (Phi) is 6.86. The summed E-state index contributed by atoms with van der Waals surface area (Å²) in [6.07, 6.45) is 1.28. The Balaban J connectivity index is 2.85. The second kappa shape index (κ2) is 7.99. The highest BCUT2D eigenvalue weighted by Crippen LogP contribution is 2.35. The van der Waals surface area contributed by atoms with Crippen LogP contribution in [-0.4, -0.2) is 55.0 Å². The van der Waals surface area contributed by atoms with Crippen molar-refractivity contribution in [2.45, 2.75) is 65.0 Å². The third-order valence-corrected chi connectivity index (χ3v) is 3.78. The molecule has 134 valence electrons. The molecule has 1 aliphatic heterocycles. The van der Waals surface area contributed by atoms with Gasteiger partial charge in [-0.05, 0) is 39.5 Å². The van der Waals surface area contributed by atoms with Crippen molar-refractivity contribution in [1.82, 2.24) is 4.90 Å². The average Bonchev–Trinajstić information content (AvgIpc) is 2.86. The first-order valence-corrected chi connectivity index (χ1v) is 8.29. The number of rotatable bonds is 6. The Hall–Kier alpha value is -1.30. The summed E-state index contributed by atoms with van der Waals surface area (Å²) in [4.78, 5) is 26.4. The molecule has 0 aliphatic carbocycles. The van der Waals surface area contributed by atoms with Crippen LogP contribution in [0.4, 0.5) is 4.79 Å². The maximum atomic E-state index is 12.5. The van der Waals surface area contributed by atoms with E-state index in [2.05, 4.69) is 13.8 Å². The number of amides is 1. The van der Waals surface area contributed by atoms with Gasteiger partial charge in [0.2, 0.25) is 0 Å². The van der Waals surface area contributed by atoms with Gasteiger partial charge in [0, 0.05) is 26.2 Å². The first-order chi connectivity index (χ1) is 10.6. The maximum Gasteiger partial charge on any atom is 0.411 e. The van der Waals surface area contributed by atoms with Crippen molar-refractivity contribution >= 4 is 12.1 Å². The normalized spacial score (nSPS) is 21.6. The predicted octanol–water partition coefficient (Wildman–Crippen LogP) is 2.99. The van der Waals surface area contributed by atoms with E-state index in [0.717, 1.165) is 6.42 Å². The first-order valence-electron chi connectivity index (χ1n) is 8.29. The molecule has 1 amide bonds. The van der Waals surface area contributed by atoms with Crippen molar-refractivity contribution < 1.29 is 23.8 Å². The van der Waals surface area contributed by atoms with Crippen LogP contribution < -0.4 is 0 Å². The van der Waals surface area contributed by atoms with Crippen LogP contribution >= 0.6 is 0 Å². The number of methoxy groups -OCH3 is 1. The van der Waals surface area contributed by atoms with Crippen LogP contribution in [-0.2, 0) is 19.0 Å². The lowest BCUT2D eigenvalue weighted by Gasteiger charge is -2.36. The number of ether oxygens (including phenoxy) is 3. The molecule has 1 unspecified atom stereocenters. The summed E-state index contributed by atoms with van der Waals surface area (Å²) >= 11 is 0. The van der Waals surface area contributed by atoms with E-state index >= 15 is 0 Å². The molecule has 1 rings (SSSR count). The second-order valence-electron chi connectivity index (χ2n) is 7.48. The zero-order chi connectivity index (χ0) is 17.7. The van der Waals surface area contributed by atoms with Gasteiger partial charge >= 0.3 is 12.1 Å². The Morgan fingerprint density at radius 3 is 2.43 bits per heavy atom. The smallest absolute Gasteiger partial charge is 0.411 e. The summed E-state index contributed by atoms with van der Waals surface area (Å²) in [7, 11) is 1.35. The molecule has 0 N–H and O–H groups in total. The molecule has 0 saturated carbocycles. The van der Waals surface area contributed by atoms with Crippen molar-refractivity contribution in [3.63, 3.8) is 0 Å². The lowest BCUT2D eigenvalue weighted by atomic mass is 9.92. The van der Waals surface area contributed by atoms with Gasteiger partial charge in [-0.2, -0.15) is 0 Å². The van der Waals surface area contributed by atoms with E-state index in [1.165, 1.54) is 12.0 Å². The molecule has 1 fully saturated rings. The summed E-state index contributed by atoms with van der Waals surface area (Å²) in [6.45, 7) is 11.1. The molecule has 23 heavy (non-hydrogen) atoms. The highest BCUT2D eigenvalue weighted by atomic mass is 16.6. The van der Waals surface area contributed by atoms with Gasteiger partial charge in [0.1, 0.15) is 11.1 Å². The molecule has 0 radical (unpaired) electrons. The summed E-state index contributed by atoms with van der Waals surface area (Å²) in [6, 6.07) is 0. The van der Waals surface area contributed by atoms with E-state index in [4.69, 9.17) is 14.2 Å². The number of hydrogen-bond acceptors (Lipinski definition) is 5. The lowest BCUT2D eigenvalue weighted by Crippen LogP contribution is -2.55. The molecular formula is C17H31NO5. The minimum atomic E-state index is -0.978. The first kappa shape index (κ1) is 19.7. The largest absolute Gasteiger partial charge is 0.467 e. The van der Waals surface area contributed by atoms with Crippen LogP contribution in [0.15, 0.2) is 0 Å². The van der Waals surface area contributed by atoms with E-state index in [1.807, 2.05) is 20.8 Å². The number of carbonyl (C=O) groups is 2. The zero-order valence-corrected chi connectivity index (χ0v) is 15.3. The topological polar surface area (TPSA) is 65.1 Å². The molecule has 1 saturated heterocycles. The van der Waals surface area contributed by atoms with Gasteiger partial charge in [-0.25, -0.2) is 9.59 Å². The molecule has 0 bridgehead atoms. The molecule has 6 heteroatoms. The summed E-state index contributed by atoms with van der Waals surface area (Å²) in [5.41, 5.74) is -1.58. The fraction of sp³-hybridized carbons (Fsp3) is 0.882. The van der Waals surface area contributed by atoms with Gasteiger partial charge in [0.15, 0.2) is 0 Å². The fourth-order valence-corrected chi connectivity index (χ4v) is 2.79. The SMILES string of the molecule is COC(=O)C1(CCOCC(C)C)CCCN1C(=O)OC(C)(C)C. The van der Waals surface area contributed by atoms with E-state index in [1.54, 1.807) is 0 Å². The molecule has 0 aromatic heterocycles. The number of nitrogens with zero attached hydrogens (tertiary/aromatic N) is 1. The third-order valence-electron chi connectivity index (χ3n) is 3.78. The Morgan fingerprint density at radius 1 is 1.26 bits per heavy atom. The maximum absolute atomic E-state index is 12.5. The van der Waals surface area contributed by atoms with E-state index in [9.17, 15) is 9.59 Å². The van der Waals surface area contributed by atoms with Crippen molar-refractivity contribution in [1.29, 1.82) is 0 Å². The molecule has 0 spiro atoms. The number of hydrogen-bond donors (Lipinski definition) is 0. The van der Waals surface area contributed by atoms with Crippen LogP contribution in [0.2, 0.25) is 0 Å². The molecule has 1 aliphatic rings. The van der Waals surface area contributed by atoms with E-state index in [0.29, 0.717) is 38.5 Å². The van der Waals surface area contributed by atoms with Crippen LogP contribution in [0.1, 0.15) is 53.9 Å². The minimum Gasteiger partial charge on any atom is -0.467 e. The Bertz CT molecular complexity index is 416. The van der Waals surface area contributed by atoms with Gasteiger partial charge in [0.05, 0.1) is 7.11 Å². The average molecular weight is 329 g/mol. The van der Waals surface area contributed by atoms with Gasteiger partial charge in [-0.15, -0.1) is 0 Å². The summed E-state index contributed by atoms with van der Waals surface area (Å²) < 4.78 is 16.1. The highest BCUT2D eigenvalue weighted by molar-refractivity contribution is 5.86. The summed E-state index contributed by atoms with van der Waals surface area (Å²) in [5, 5.41) is 0. The molecular weight excluding hydrogens is 298 g/mol. The predicted molar refractivity (Wildman–Crippen MR) is 87.2 cm³/mol. The second-order valence-corrected chi connectivity index (χ2v) is 7.48. The van der Waals surface area contributed by atoms with Crippen molar-refractivity contribution in [2.24, 2.45) is 5.92 Å². The quantitative estimate of drug-likeness (QED) is 0.553. The van der Waals surface area contributed by atoms with Crippen LogP contribution in [0.3, 0.4) is 0 Å². The minimum absolute atomic E-state index is 0.394. The summed E-state index contributed by atoms with van der Waals surface area (Å²) in [5.74, 6) is 0.0311. The Labute approximate surface area is 139 Å². The van der Waals surface area contributed by atoms with Crippen LogP contribution in [0.25, 0.3) is 0 Å². The number of esters is 1. The van der Waals surface area contributed by atoms with Gasteiger partial charge in [-0.3, -0.25) is 4.90 Å². The van der Waals surface area contributed by atoms with Crippen molar-refractivity contribution in [3.05, 3.63) is 0 Å². The Morgan fingerprint density at radius 2 is 1.91 bits per heavy atom. The molecule has 0 aromatic rings. The number of carbonyl (C=O) groups excluding carboxylic acids is 2. The molecule has 0 aromatic carbocycles. The highest BCUT2D eigenvalue weighted by Gasteiger charge is 2.51. The van der Waals surface area contributed by atoms with E-state index in [-0.39, 0.29) is 0 Å². The molecule has 1 atom stereocenters. The fourth-order valence-electron chi connectivity index (χ4n) is 2.79. The molecule has 1 heterocycles. The van der Waals surface area contributed by atoms with Crippen molar-refractivity contribution in [2.75, 3.05) is 26.9 Å². The third kappa shape index (κ3) is 5.37. The van der Waals surface area contributed by atoms with Gasteiger partial charge < -0.3 is 14.2 Å². The molecule has 6 nitrogen and oxygen atoms in total. The van der Waals surface area contributed by atoms with Crippen LogP contribution in [0, 0.1) is 5.92 Å². The lowest BCUT2D eigenvalue weighted by molar-refractivity contribution is -0.154. The van der Waals surface area contributed by atoms with Crippen molar-refractivity contribution in [3.8, 4) is 0 Å². The number of likely N-dealkylation sites (tertiary alicyclic amines) is 1. The zero-order valence-electron chi connectivity index (χ0n) is 15.3.